The van der Waals surface area contributed by atoms with Crippen LogP contribution in [0, 0.1) is 5.92 Å². The molecule has 0 unspecified atom stereocenters. The molecule has 1 amide bonds. The maximum Gasteiger partial charge on any atom is 0.242 e. The summed E-state index contributed by atoms with van der Waals surface area (Å²) in [5.74, 6) is 0.594. The van der Waals surface area contributed by atoms with E-state index in [9.17, 15) is 4.79 Å². The van der Waals surface area contributed by atoms with Crippen LogP contribution < -0.4 is 11.1 Å². The molecule has 2 aromatic rings. The van der Waals surface area contributed by atoms with Gasteiger partial charge in [-0.3, -0.25) is 9.48 Å². The van der Waals surface area contributed by atoms with Gasteiger partial charge >= 0.3 is 0 Å². The highest BCUT2D eigenvalue weighted by atomic mass is 35.5. The van der Waals surface area contributed by atoms with Crippen LogP contribution in [0.15, 0.2) is 24.5 Å². The van der Waals surface area contributed by atoms with Gasteiger partial charge in [-0.1, -0.05) is 37.3 Å². The number of anilines is 1. The largest absolute Gasteiger partial charge is 0.320 e. The lowest BCUT2D eigenvalue weighted by molar-refractivity contribution is -0.118. The van der Waals surface area contributed by atoms with Crippen LogP contribution in [0.5, 0.6) is 0 Å². The minimum absolute atomic E-state index is 0.161. The number of carbonyl (C=O) groups excluding carboxylic acids is 1. The Morgan fingerprint density at radius 1 is 1.28 bits per heavy atom. The number of carbonyl (C=O) groups is 1. The standard InChI is InChI=1S/C18H24ClN5O/c1-24-17(14(19)11-22-24)13-8-9-15(21-10-13)23-18(25)16(20)12-6-4-2-3-5-7-12/h8-12,16H,2-7,20H2,1H3,(H,21,23,25)/t16-/m0/s1. The third-order valence-electron chi connectivity index (χ3n) is 4.89. The Kier molecular flexibility index (Phi) is 5.71. The first kappa shape index (κ1) is 17.9. The van der Waals surface area contributed by atoms with Gasteiger partial charge < -0.3 is 11.1 Å². The molecule has 1 aliphatic carbocycles. The van der Waals surface area contributed by atoms with E-state index in [1.807, 2.05) is 13.1 Å². The SMILES string of the molecule is Cn1ncc(Cl)c1-c1ccc(NC(=O)[C@@H](N)C2CCCCCC2)nc1. The van der Waals surface area contributed by atoms with E-state index >= 15 is 0 Å². The van der Waals surface area contributed by atoms with Crippen LogP contribution in [-0.4, -0.2) is 26.7 Å². The van der Waals surface area contributed by atoms with Gasteiger partial charge in [0.1, 0.15) is 5.82 Å². The Morgan fingerprint density at radius 3 is 2.56 bits per heavy atom. The van der Waals surface area contributed by atoms with Crippen molar-refractivity contribution in [3.8, 4) is 11.3 Å². The fourth-order valence-corrected chi connectivity index (χ4v) is 3.71. The van der Waals surface area contributed by atoms with Crippen molar-refractivity contribution in [2.24, 2.45) is 18.7 Å². The number of nitrogens with zero attached hydrogens (tertiary/aromatic N) is 3. The van der Waals surface area contributed by atoms with E-state index in [0.717, 1.165) is 36.9 Å². The molecule has 0 radical (unpaired) electrons. The lowest BCUT2D eigenvalue weighted by Gasteiger charge is -2.21. The predicted octanol–water partition coefficient (Wildman–Crippen LogP) is 3.37. The van der Waals surface area contributed by atoms with E-state index in [2.05, 4.69) is 15.4 Å². The highest BCUT2D eigenvalue weighted by molar-refractivity contribution is 6.33. The Bertz CT molecular complexity index is 700. The number of amides is 1. The second-order valence-corrected chi connectivity index (χ2v) is 7.07. The quantitative estimate of drug-likeness (QED) is 0.817. The lowest BCUT2D eigenvalue weighted by Crippen LogP contribution is -2.42. The summed E-state index contributed by atoms with van der Waals surface area (Å²) in [6.07, 6.45) is 10.1. The Morgan fingerprint density at radius 2 is 2.00 bits per heavy atom. The van der Waals surface area contributed by atoms with Crippen molar-refractivity contribution in [1.82, 2.24) is 14.8 Å². The number of aromatic nitrogens is 3. The van der Waals surface area contributed by atoms with Gasteiger partial charge in [0.25, 0.3) is 0 Å². The average Bonchev–Trinajstić information content (AvgIpc) is 2.82. The van der Waals surface area contributed by atoms with Crippen LogP contribution in [0.3, 0.4) is 0 Å². The molecule has 0 saturated heterocycles. The van der Waals surface area contributed by atoms with Crippen molar-refractivity contribution in [2.45, 2.75) is 44.6 Å². The molecule has 134 valence electrons. The number of pyridine rings is 1. The minimum atomic E-state index is -0.480. The number of hydrogen-bond acceptors (Lipinski definition) is 4. The average molecular weight is 362 g/mol. The van der Waals surface area contributed by atoms with Crippen molar-refractivity contribution in [1.29, 1.82) is 0 Å². The number of nitrogens with one attached hydrogen (secondary N) is 1. The minimum Gasteiger partial charge on any atom is -0.320 e. The monoisotopic (exact) mass is 361 g/mol. The summed E-state index contributed by atoms with van der Waals surface area (Å²) in [5.41, 5.74) is 7.82. The molecule has 2 heterocycles. The van der Waals surface area contributed by atoms with Crippen LogP contribution in [0.2, 0.25) is 5.02 Å². The number of aryl methyl sites for hydroxylation is 1. The molecule has 7 heteroatoms. The molecule has 1 saturated carbocycles. The van der Waals surface area contributed by atoms with Gasteiger partial charge in [0, 0.05) is 18.8 Å². The van der Waals surface area contributed by atoms with Gasteiger partial charge in [-0.2, -0.15) is 5.10 Å². The number of rotatable bonds is 4. The van der Waals surface area contributed by atoms with E-state index in [4.69, 9.17) is 17.3 Å². The molecule has 3 N–H and O–H groups in total. The summed E-state index contributed by atoms with van der Waals surface area (Å²) in [4.78, 5) is 16.8. The van der Waals surface area contributed by atoms with Crippen LogP contribution in [-0.2, 0) is 11.8 Å². The van der Waals surface area contributed by atoms with E-state index in [0.29, 0.717) is 10.8 Å². The van der Waals surface area contributed by atoms with Crippen molar-refractivity contribution in [2.75, 3.05) is 5.32 Å². The molecule has 0 aliphatic heterocycles. The van der Waals surface area contributed by atoms with Gasteiger partial charge in [-0.25, -0.2) is 4.98 Å². The summed E-state index contributed by atoms with van der Waals surface area (Å²) in [7, 11) is 1.82. The predicted molar refractivity (Wildman–Crippen MR) is 99.2 cm³/mol. The fraction of sp³-hybridized carbons (Fsp3) is 0.500. The van der Waals surface area contributed by atoms with E-state index in [1.54, 1.807) is 23.1 Å². The molecule has 2 aromatic heterocycles. The van der Waals surface area contributed by atoms with Crippen molar-refractivity contribution < 1.29 is 4.79 Å². The first-order chi connectivity index (χ1) is 12.1. The van der Waals surface area contributed by atoms with Gasteiger partial charge in [0.2, 0.25) is 5.91 Å². The zero-order chi connectivity index (χ0) is 17.8. The fourth-order valence-electron chi connectivity index (χ4n) is 3.44. The number of halogens is 1. The topological polar surface area (TPSA) is 85.8 Å². The molecule has 1 atom stereocenters. The Hall–Kier alpha value is -1.92. The van der Waals surface area contributed by atoms with Crippen LogP contribution >= 0.6 is 11.6 Å². The smallest absolute Gasteiger partial charge is 0.242 e. The molecule has 25 heavy (non-hydrogen) atoms. The van der Waals surface area contributed by atoms with Gasteiger partial charge in [0.15, 0.2) is 0 Å². The molecule has 0 aromatic carbocycles. The van der Waals surface area contributed by atoms with Crippen molar-refractivity contribution in [3.05, 3.63) is 29.5 Å². The maximum atomic E-state index is 12.4. The van der Waals surface area contributed by atoms with Crippen LogP contribution in [0.4, 0.5) is 5.82 Å². The molecular weight excluding hydrogens is 338 g/mol. The second-order valence-electron chi connectivity index (χ2n) is 6.66. The molecule has 1 fully saturated rings. The van der Waals surface area contributed by atoms with Crippen LogP contribution in [0.1, 0.15) is 38.5 Å². The summed E-state index contributed by atoms with van der Waals surface area (Å²) < 4.78 is 1.69. The summed E-state index contributed by atoms with van der Waals surface area (Å²) in [5, 5.41) is 7.51. The van der Waals surface area contributed by atoms with Gasteiger partial charge in [0.05, 0.1) is 23.0 Å². The molecule has 3 rings (SSSR count). The van der Waals surface area contributed by atoms with Gasteiger partial charge in [-0.05, 0) is 30.9 Å². The molecule has 0 spiro atoms. The number of hydrogen-bond donors (Lipinski definition) is 2. The van der Waals surface area contributed by atoms with E-state index < -0.39 is 6.04 Å². The molecule has 6 nitrogen and oxygen atoms in total. The third kappa shape index (κ3) is 4.19. The highest BCUT2D eigenvalue weighted by Gasteiger charge is 2.25. The second kappa shape index (κ2) is 7.97. The molecule has 0 bridgehead atoms. The van der Waals surface area contributed by atoms with Crippen molar-refractivity contribution >= 4 is 23.3 Å². The summed E-state index contributed by atoms with van der Waals surface area (Å²) >= 11 is 6.15. The highest BCUT2D eigenvalue weighted by Crippen LogP contribution is 2.27. The summed E-state index contributed by atoms with van der Waals surface area (Å²) in [6, 6.07) is 3.14. The third-order valence-corrected chi connectivity index (χ3v) is 5.17. The zero-order valence-electron chi connectivity index (χ0n) is 14.4. The van der Waals surface area contributed by atoms with E-state index in [1.165, 1.54) is 12.8 Å². The molecular formula is C18H24ClN5O. The van der Waals surface area contributed by atoms with Crippen LogP contribution in [0.25, 0.3) is 11.3 Å². The number of nitrogens with two attached hydrogens (primary N) is 1. The maximum absolute atomic E-state index is 12.4. The molecule has 1 aliphatic rings. The van der Waals surface area contributed by atoms with Gasteiger partial charge in [-0.15, -0.1) is 0 Å². The first-order valence-electron chi connectivity index (χ1n) is 8.76. The lowest BCUT2D eigenvalue weighted by atomic mass is 9.92. The summed E-state index contributed by atoms with van der Waals surface area (Å²) in [6.45, 7) is 0. The zero-order valence-corrected chi connectivity index (χ0v) is 15.2. The van der Waals surface area contributed by atoms with E-state index in [-0.39, 0.29) is 11.8 Å². The van der Waals surface area contributed by atoms with Crippen molar-refractivity contribution in [3.63, 3.8) is 0 Å². The Balaban J connectivity index is 1.65. The Labute approximate surface area is 152 Å². The first-order valence-corrected chi connectivity index (χ1v) is 9.14. The normalized spacial score (nSPS) is 17.1.